The number of benzene rings is 1. The fourth-order valence-corrected chi connectivity index (χ4v) is 5.49. The second-order valence-electron chi connectivity index (χ2n) is 7.98. The Labute approximate surface area is 186 Å². The molecule has 0 radical (unpaired) electrons. The maximum absolute atomic E-state index is 12.6. The monoisotopic (exact) mass is 458 g/mol. The summed E-state index contributed by atoms with van der Waals surface area (Å²) in [6, 6.07) is 6.94. The molecule has 0 bridgehead atoms. The van der Waals surface area contributed by atoms with Crippen molar-refractivity contribution in [1.82, 2.24) is 15.1 Å². The van der Waals surface area contributed by atoms with Gasteiger partial charge in [-0.3, -0.25) is 9.59 Å². The van der Waals surface area contributed by atoms with Crippen LogP contribution in [0.4, 0.5) is 5.82 Å². The van der Waals surface area contributed by atoms with Crippen LogP contribution in [0.5, 0.6) is 5.75 Å². The highest BCUT2D eigenvalue weighted by Crippen LogP contribution is 2.33. The van der Waals surface area contributed by atoms with Crippen molar-refractivity contribution in [2.75, 3.05) is 19.0 Å². The highest BCUT2D eigenvalue weighted by molar-refractivity contribution is 7.90. The van der Waals surface area contributed by atoms with E-state index in [-0.39, 0.29) is 17.3 Å². The average molecular weight is 459 g/mol. The molecular formula is C22H26N4O5S. The first kappa shape index (κ1) is 22.1. The molecule has 2 aromatic rings. The lowest BCUT2D eigenvalue weighted by atomic mass is 9.97. The molecule has 10 heteroatoms. The number of anilines is 1. The van der Waals surface area contributed by atoms with E-state index in [1.54, 1.807) is 31.4 Å². The zero-order chi connectivity index (χ0) is 22.7. The van der Waals surface area contributed by atoms with Gasteiger partial charge in [0.15, 0.2) is 9.84 Å². The summed E-state index contributed by atoms with van der Waals surface area (Å²) in [5, 5.41) is 9.62. The number of methoxy groups -OCH3 is 1. The van der Waals surface area contributed by atoms with Gasteiger partial charge < -0.3 is 15.4 Å². The number of carbonyl (C=O) groups excluding carboxylic acids is 2. The Morgan fingerprint density at radius 2 is 1.91 bits per heavy atom. The summed E-state index contributed by atoms with van der Waals surface area (Å²) in [5.41, 5.74) is 2.70. The first-order valence-electron chi connectivity index (χ1n) is 10.6. The van der Waals surface area contributed by atoms with Gasteiger partial charge in [0.05, 0.1) is 30.0 Å². The van der Waals surface area contributed by atoms with Crippen LogP contribution in [0, 0.1) is 0 Å². The highest BCUT2D eigenvalue weighted by Gasteiger charge is 2.33. The summed E-state index contributed by atoms with van der Waals surface area (Å²) in [6.45, 7) is 0.377. The van der Waals surface area contributed by atoms with E-state index in [2.05, 4.69) is 21.8 Å². The van der Waals surface area contributed by atoms with Crippen molar-refractivity contribution in [2.24, 2.45) is 0 Å². The SMILES string of the molecule is COc1ccc(-n2nc3c(c2NC(=O)C(=O)NCCC2=CCCCC2)CS(=O)(=O)C3)cc1. The highest BCUT2D eigenvalue weighted by atomic mass is 32.2. The second-order valence-corrected chi connectivity index (χ2v) is 10.0. The number of sulfone groups is 1. The lowest BCUT2D eigenvalue weighted by molar-refractivity contribution is -0.136. The fraction of sp³-hybridized carbons (Fsp3) is 0.409. The number of amides is 2. The molecule has 0 spiro atoms. The van der Waals surface area contributed by atoms with Crippen molar-refractivity contribution in [2.45, 2.75) is 43.6 Å². The number of ether oxygens (including phenoxy) is 1. The molecule has 0 saturated carbocycles. The molecule has 2 amide bonds. The normalized spacial score (nSPS) is 16.7. The lowest BCUT2D eigenvalue weighted by Crippen LogP contribution is -2.36. The predicted octanol–water partition coefficient (Wildman–Crippen LogP) is 2.25. The Bertz CT molecular complexity index is 1170. The van der Waals surface area contributed by atoms with E-state index in [1.807, 2.05) is 0 Å². The van der Waals surface area contributed by atoms with Crippen molar-refractivity contribution in [3.8, 4) is 11.4 Å². The molecule has 9 nitrogen and oxygen atoms in total. The number of nitrogens with one attached hydrogen (secondary N) is 2. The van der Waals surface area contributed by atoms with Crippen molar-refractivity contribution in [3.05, 3.63) is 47.2 Å². The van der Waals surface area contributed by atoms with Gasteiger partial charge in [-0.05, 0) is 56.4 Å². The predicted molar refractivity (Wildman–Crippen MR) is 119 cm³/mol. The summed E-state index contributed by atoms with van der Waals surface area (Å²) < 4.78 is 30.8. The van der Waals surface area contributed by atoms with Crippen LogP contribution in [-0.2, 0) is 30.9 Å². The molecule has 0 atom stereocenters. The number of hydrogen-bond acceptors (Lipinski definition) is 6. The molecule has 32 heavy (non-hydrogen) atoms. The van der Waals surface area contributed by atoms with E-state index in [0.717, 1.165) is 25.7 Å². The van der Waals surface area contributed by atoms with Gasteiger partial charge in [-0.25, -0.2) is 13.1 Å². The molecule has 0 unspecified atom stereocenters. The van der Waals surface area contributed by atoms with Gasteiger partial charge in [-0.1, -0.05) is 11.6 Å². The van der Waals surface area contributed by atoms with Crippen LogP contribution < -0.4 is 15.4 Å². The zero-order valence-electron chi connectivity index (χ0n) is 17.9. The van der Waals surface area contributed by atoms with Crippen LogP contribution in [0.3, 0.4) is 0 Å². The van der Waals surface area contributed by atoms with Crippen molar-refractivity contribution < 1.29 is 22.7 Å². The van der Waals surface area contributed by atoms with Crippen LogP contribution in [0.1, 0.15) is 43.4 Å². The van der Waals surface area contributed by atoms with Gasteiger partial charge in [0, 0.05) is 12.1 Å². The maximum Gasteiger partial charge on any atom is 0.314 e. The first-order chi connectivity index (χ1) is 15.4. The van der Waals surface area contributed by atoms with Crippen molar-refractivity contribution >= 4 is 27.5 Å². The van der Waals surface area contributed by atoms with Gasteiger partial charge in [0.25, 0.3) is 0 Å². The summed E-state index contributed by atoms with van der Waals surface area (Å²) >= 11 is 0. The molecule has 2 aliphatic rings. The fourth-order valence-electron chi connectivity index (χ4n) is 3.99. The van der Waals surface area contributed by atoms with Gasteiger partial charge >= 0.3 is 11.8 Å². The summed E-state index contributed by atoms with van der Waals surface area (Å²) in [6.07, 6.45) is 7.37. The number of rotatable bonds is 6. The topological polar surface area (TPSA) is 119 Å². The van der Waals surface area contributed by atoms with Crippen molar-refractivity contribution in [3.63, 3.8) is 0 Å². The van der Waals surface area contributed by atoms with E-state index in [1.165, 1.54) is 16.7 Å². The number of allylic oxidation sites excluding steroid dienone is 1. The molecule has 1 aromatic heterocycles. The van der Waals surface area contributed by atoms with Crippen LogP contribution in [0.25, 0.3) is 5.69 Å². The molecule has 2 N–H and O–H groups in total. The van der Waals surface area contributed by atoms with Crippen LogP contribution in [0.2, 0.25) is 0 Å². The van der Waals surface area contributed by atoms with Gasteiger partial charge in [0.1, 0.15) is 11.6 Å². The van der Waals surface area contributed by atoms with Crippen LogP contribution in [0.15, 0.2) is 35.9 Å². The standard InChI is InChI=1S/C22H26N4O5S/c1-31-17-9-7-16(8-10-17)26-20(18-13-32(29,30)14-19(18)25-26)24-22(28)21(27)23-12-11-15-5-3-2-4-6-15/h5,7-10H,2-4,6,11-14H2,1H3,(H,23,27)(H,24,28). The third kappa shape index (κ3) is 4.85. The molecule has 0 fully saturated rings. The Morgan fingerprint density at radius 1 is 1.12 bits per heavy atom. The van der Waals surface area contributed by atoms with E-state index in [0.29, 0.717) is 29.2 Å². The zero-order valence-corrected chi connectivity index (χ0v) is 18.7. The molecule has 0 saturated heterocycles. The minimum Gasteiger partial charge on any atom is -0.497 e. The first-order valence-corrected chi connectivity index (χ1v) is 12.4. The number of carbonyl (C=O) groups is 2. The Kier molecular flexibility index (Phi) is 6.31. The van der Waals surface area contributed by atoms with E-state index in [4.69, 9.17) is 4.74 Å². The van der Waals surface area contributed by atoms with Gasteiger partial charge in [0.2, 0.25) is 0 Å². The van der Waals surface area contributed by atoms with Crippen LogP contribution >= 0.6 is 0 Å². The van der Waals surface area contributed by atoms with E-state index < -0.39 is 21.7 Å². The number of aromatic nitrogens is 2. The lowest BCUT2D eigenvalue weighted by Gasteiger charge is -2.13. The molecule has 2 heterocycles. The number of nitrogens with zero attached hydrogens (tertiary/aromatic N) is 2. The summed E-state index contributed by atoms with van der Waals surface area (Å²) in [4.78, 5) is 25.0. The minimum absolute atomic E-state index is 0.196. The largest absolute Gasteiger partial charge is 0.497 e. The maximum atomic E-state index is 12.6. The third-order valence-corrected chi connectivity index (χ3v) is 7.10. The van der Waals surface area contributed by atoms with Gasteiger partial charge in [-0.15, -0.1) is 0 Å². The number of hydrogen-bond donors (Lipinski definition) is 2. The summed E-state index contributed by atoms with van der Waals surface area (Å²) in [5.74, 6) is -1.21. The molecule has 170 valence electrons. The molecule has 4 rings (SSSR count). The molecule has 1 aromatic carbocycles. The smallest absolute Gasteiger partial charge is 0.314 e. The van der Waals surface area contributed by atoms with E-state index in [9.17, 15) is 18.0 Å². The molecular weight excluding hydrogens is 432 g/mol. The quantitative estimate of drug-likeness (QED) is 0.506. The van der Waals surface area contributed by atoms with Crippen molar-refractivity contribution in [1.29, 1.82) is 0 Å². The van der Waals surface area contributed by atoms with E-state index >= 15 is 0 Å². The third-order valence-electron chi connectivity index (χ3n) is 5.66. The van der Waals surface area contributed by atoms with Crippen LogP contribution in [-0.4, -0.2) is 43.7 Å². The second kappa shape index (κ2) is 9.15. The minimum atomic E-state index is -3.33. The Hall–Kier alpha value is -3.14. The molecule has 1 aliphatic heterocycles. The average Bonchev–Trinajstić information content (AvgIpc) is 3.26. The molecule has 1 aliphatic carbocycles. The van der Waals surface area contributed by atoms with Gasteiger partial charge in [-0.2, -0.15) is 5.10 Å². The Morgan fingerprint density at radius 3 is 2.59 bits per heavy atom. The number of fused-ring (bicyclic) bond motifs is 1. The Balaban J connectivity index is 1.50. The summed E-state index contributed by atoms with van der Waals surface area (Å²) in [7, 11) is -1.78.